The molecule has 0 aliphatic carbocycles. The first-order valence-corrected chi connectivity index (χ1v) is 6.84. The van der Waals surface area contributed by atoms with Crippen LogP contribution in [0.3, 0.4) is 0 Å². The first-order chi connectivity index (χ1) is 8.88. The molecule has 1 N–H and O–H groups in total. The molecule has 92 valence electrons. The number of rotatable bonds is 5. The van der Waals surface area contributed by atoms with E-state index < -0.39 is 0 Å². The summed E-state index contributed by atoms with van der Waals surface area (Å²) >= 11 is 1.79. The monoisotopic (exact) mass is 255 g/mol. The molecule has 0 amide bonds. The van der Waals surface area contributed by atoms with E-state index >= 15 is 0 Å². The molecule has 2 aromatic rings. The minimum absolute atomic E-state index is 0.903. The third-order valence-electron chi connectivity index (χ3n) is 2.49. The van der Waals surface area contributed by atoms with Crippen LogP contribution in [-0.4, -0.2) is 13.6 Å². The summed E-state index contributed by atoms with van der Waals surface area (Å²) in [6.45, 7) is 0.903. The van der Waals surface area contributed by atoms with Gasteiger partial charge in [0.25, 0.3) is 0 Å². The quantitative estimate of drug-likeness (QED) is 0.864. The molecule has 0 spiro atoms. The number of hydrogen-bond acceptors (Lipinski definition) is 2. The average Bonchev–Trinajstić information content (AvgIpc) is 2.42. The Hall–Kier alpha value is -1.51. The van der Waals surface area contributed by atoms with Crippen LogP contribution < -0.4 is 5.32 Å². The van der Waals surface area contributed by atoms with Gasteiger partial charge in [-0.05, 0) is 36.9 Å². The number of nitrogens with one attached hydrogen (secondary N) is 1. The van der Waals surface area contributed by atoms with Crippen molar-refractivity contribution in [3.63, 3.8) is 0 Å². The molecule has 2 heteroatoms. The molecule has 0 bridgehead atoms. The van der Waals surface area contributed by atoms with Gasteiger partial charge in [0.15, 0.2) is 0 Å². The second-order valence-corrected chi connectivity index (χ2v) is 5.09. The van der Waals surface area contributed by atoms with Crippen LogP contribution >= 0.6 is 11.8 Å². The highest BCUT2D eigenvalue weighted by Gasteiger charge is 1.95. The zero-order chi connectivity index (χ0) is 12.6. The maximum atomic E-state index is 3.09. The van der Waals surface area contributed by atoms with Crippen LogP contribution in [0.15, 0.2) is 70.5 Å². The van der Waals surface area contributed by atoms with Crippen molar-refractivity contribution < 1.29 is 0 Å². The van der Waals surface area contributed by atoms with Gasteiger partial charge in [-0.3, -0.25) is 0 Å². The summed E-state index contributed by atoms with van der Waals surface area (Å²) in [4.78, 5) is 2.54. The van der Waals surface area contributed by atoms with Crippen LogP contribution in [0, 0.1) is 0 Å². The highest BCUT2D eigenvalue weighted by atomic mass is 32.2. The maximum Gasteiger partial charge on any atom is 0.0135 e. The van der Waals surface area contributed by atoms with Crippen molar-refractivity contribution in [3.8, 4) is 0 Å². The number of benzene rings is 2. The molecule has 0 aliphatic rings. The second kappa shape index (κ2) is 7.04. The molecule has 0 aliphatic heterocycles. The maximum absolute atomic E-state index is 3.09. The van der Waals surface area contributed by atoms with Crippen molar-refractivity contribution >= 4 is 17.8 Å². The van der Waals surface area contributed by atoms with Crippen molar-refractivity contribution in [2.75, 3.05) is 13.6 Å². The lowest BCUT2D eigenvalue weighted by Gasteiger charge is -2.01. The molecule has 2 rings (SSSR count). The van der Waals surface area contributed by atoms with Crippen LogP contribution in [0.4, 0.5) is 0 Å². The Kier molecular flexibility index (Phi) is 5.06. The first kappa shape index (κ1) is 12.9. The van der Waals surface area contributed by atoms with E-state index in [0.29, 0.717) is 0 Å². The lowest BCUT2D eigenvalue weighted by atomic mass is 10.2. The highest BCUT2D eigenvalue weighted by Crippen LogP contribution is 2.27. The highest BCUT2D eigenvalue weighted by molar-refractivity contribution is 7.99. The van der Waals surface area contributed by atoms with Gasteiger partial charge in [-0.15, -0.1) is 0 Å². The van der Waals surface area contributed by atoms with E-state index in [9.17, 15) is 0 Å². The van der Waals surface area contributed by atoms with Crippen LogP contribution in [0.5, 0.6) is 0 Å². The molecule has 0 atom stereocenters. The molecule has 0 saturated carbocycles. The van der Waals surface area contributed by atoms with Crippen molar-refractivity contribution in [2.24, 2.45) is 0 Å². The van der Waals surface area contributed by atoms with E-state index in [-0.39, 0.29) is 0 Å². The van der Waals surface area contributed by atoms with Crippen LogP contribution in [0.2, 0.25) is 0 Å². The molecule has 0 radical (unpaired) electrons. The summed E-state index contributed by atoms with van der Waals surface area (Å²) in [6.07, 6.45) is 4.26. The van der Waals surface area contributed by atoms with Gasteiger partial charge in [0, 0.05) is 16.3 Å². The fraction of sp³-hybridized carbons (Fsp3) is 0.125. The fourth-order valence-electron chi connectivity index (χ4n) is 1.58. The van der Waals surface area contributed by atoms with E-state index in [1.54, 1.807) is 11.8 Å². The minimum Gasteiger partial charge on any atom is -0.316 e. The van der Waals surface area contributed by atoms with Gasteiger partial charge in [0.1, 0.15) is 0 Å². The second-order valence-electron chi connectivity index (χ2n) is 3.94. The summed E-state index contributed by atoms with van der Waals surface area (Å²) in [6, 6.07) is 19.1. The SMILES string of the molecule is CNCC=Cc1ccc(Sc2ccccc2)cc1. The van der Waals surface area contributed by atoms with Gasteiger partial charge in [-0.1, -0.05) is 54.2 Å². The number of hydrogen-bond donors (Lipinski definition) is 1. The molecule has 18 heavy (non-hydrogen) atoms. The summed E-state index contributed by atoms with van der Waals surface area (Å²) in [5.41, 5.74) is 1.24. The smallest absolute Gasteiger partial charge is 0.0135 e. The Morgan fingerprint density at radius 3 is 2.28 bits per heavy atom. The third-order valence-corrected chi connectivity index (χ3v) is 3.51. The zero-order valence-corrected chi connectivity index (χ0v) is 11.3. The molecular formula is C16H17NS. The Morgan fingerprint density at radius 2 is 1.61 bits per heavy atom. The topological polar surface area (TPSA) is 12.0 Å². The molecule has 0 unspecified atom stereocenters. The summed E-state index contributed by atoms with van der Waals surface area (Å²) < 4.78 is 0. The van der Waals surface area contributed by atoms with Gasteiger partial charge >= 0.3 is 0 Å². The van der Waals surface area contributed by atoms with E-state index in [4.69, 9.17) is 0 Å². The van der Waals surface area contributed by atoms with Crippen molar-refractivity contribution in [1.29, 1.82) is 0 Å². The first-order valence-electron chi connectivity index (χ1n) is 6.02. The molecule has 0 fully saturated rings. The van der Waals surface area contributed by atoms with Crippen LogP contribution in [0.1, 0.15) is 5.56 Å². The molecule has 2 aromatic carbocycles. The normalized spacial score (nSPS) is 10.9. The molecule has 1 nitrogen and oxygen atoms in total. The fourth-order valence-corrected chi connectivity index (χ4v) is 2.42. The molecule has 0 aromatic heterocycles. The predicted octanol–water partition coefficient (Wildman–Crippen LogP) is 4.07. The van der Waals surface area contributed by atoms with Crippen molar-refractivity contribution in [1.82, 2.24) is 5.32 Å². The Morgan fingerprint density at radius 1 is 0.944 bits per heavy atom. The average molecular weight is 255 g/mol. The molecular weight excluding hydrogens is 238 g/mol. The third kappa shape index (κ3) is 4.06. The predicted molar refractivity (Wildman–Crippen MR) is 80.0 cm³/mol. The van der Waals surface area contributed by atoms with E-state index in [1.807, 2.05) is 13.1 Å². The lowest BCUT2D eigenvalue weighted by Crippen LogP contribution is -2.03. The van der Waals surface area contributed by atoms with E-state index in [2.05, 4.69) is 66.0 Å². The van der Waals surface area contributed by atoms with Gasteiger partial charge < -0.3 is 5.32 Å². The zero-order valence-electron chi connectivity index (χ0n) is 10.5. The van der Waals surface area contributed by atoms with Crippen molar-refractivity contribution in [2.45, 2.75) is 9.79 Å². The van der Waals surface area contributed by atoms with Gasteiger partial charge in [-0.25, -0.2) is 0 Å². The summed E-state index contributed by atoms with van der Waals surface area (Å²) in [5.74, 6) is 0. The summed E-state index contributed by atoms with van der Waals surface area (Å²) in [7, 11) is 1.95. The largest absolute Gasteiger partial charge is 0.316 e. The minimum atomic E-state index is 0.903. The number of likely N-dealkylation sites (N-methyl/N-ethyl adjacent to an activating group) is 1. The Balaban J connectivity index is 2.00. The van der Waals surface area contributed by atoms with E-state index in [0.717, 1.165) is 6.54 Å². The van der Waals surface area contributed by atoms with Crippen LogP contribution in [0.25, 0.3) is 6.08 Å². The van der Waals surface area contributed by atoms with Crippen molar-refractivity contribution in [3.05, 3.63) is 66.2 Å². The molecule has 0 saturated heterocycles. The Labute approximate surface area is 113 Å². The van der Waals surface area contributed by atoms with E-state index in [1.165, 1.54) is 15.4 Å². The van der Waals surface area contributed by atoms with Gasteiger partial charge in [0.05, 0.1) is 0 Å². The van der Waals surface area contributed by atoms with Gasteiger partial charge in [0.2, 0.25) is 0 Å². The standard InChI is InChI=1S/C16H17NS/c1-17-13-5-6-14-9-11-16(12-10-14)18-15-7-3-2-4-8-15/h2-12,17H,13H2,1H3. The van der Waals surface area contributed by atoms with Gasteiger partial charge in [-0.2, -0.15) is 0 Å². The summed E-state index contributed by atoms with van der Waals surface area (Å²) in [5, 5.41) is 3.09. The Bertz CT molecular complexity index is 488. The molecule has 0 heterocycles. The lowest BCUT2D eigenvalue weighted by molar-refractivity contribution is 0.922. The van der Waals surface area contributed by atoms with Crippen LogP contribution in [-0.2, 0) is 0 Å².